The first-order valence-electron chi connectivity index (χ1n) is 7.41. The molecule has 0 unspecified atom stereocenters. The van der Waals surface area contributed by atoms with Crippen molar-refractivity contribution in [1.82, 2.24) is 9.71 Å². The Kier molecular flexibility index (Phi) is 4.27. The van der Waals surface area contributed by atoms with E-state index in [1.165, 1.54) is 0 Å². The molecule has 1 aromatic heterocycles. The first kappa shape index (κ1) is 15.8. The minimum Gasteiger partial charge on any atom is -0.486 e. The second-order valence-electron chi connectivity index (χ2n) is 5.25. The molecule has 0 amide bonds. The van der Waals surface area contributed by atoms with Gasteiger partial charge in [0.25, 0.3) is 5.56 Å². The fraction of sp³-hybridized carbons (Fsp3) is 0.400. The number of fused-ring (bicyclic) bond motifs is 2. The molecule has 1 aliphatic heterocycles. The molecule has 2 N–H and O–H groups in total. The molecule has 124 valence electrons. The van der Waals surface area contributed by atoms with Gasteiger partial charge < -0.3 is 14.5 Å². The Hall–Kier alpha value is -2.06. The minimum absolute atomic E-state index is 0.0184. The van der Waals surface area contributed by atoms with Gasteiger partial charge in [-0.2, -0.15) is 0 Å². The number of benzene rings is 1. The molecule has 8 heteroatoms. The molecule has 2 heterocycles. The van der Waals surface area contributed by atoms with Crippen molar-refractivity contribution < 1.29 is 17.9 Å². The van der Waals surface area contributed by atoms with Gasteiger partial charge in [-0.3, -0.25) is 4.79 Å². The maximum atomic E-state index is 12.1. The zero-order chi connectivity index (χ0) is 16.4. The van der Waals surface area contributed by atoms with Crippen molar-refractivity contribution in [2.45, 2.75) is 13.3 Å². The molecule has 0 atom stereocenters. The fourth-order valence-corrected chi connectivity index (χ4v) is 3.03. The van der Waals surface area contributed by atoms with Gasteiger partial charge in [0.1, 0.15) is 13.2 Å². The topological polar surface area (TPSA) is 97.5 Å². The Bertz CT molecular complexity index is 889. The number of hydrogen-bond acceptors (Lipinski definition) is 5. The average molecular weight is 338 g/mol. The van der Waals surface area contributed by atoms with Crippen LogP contribution < -0.4 is 19.8 Å². The summed E-state index contributed by atoms with van der Waals surface area (Å²) in [5.74, 6) is 1.28. The number of H-pyrrole nitrogens is 1. The van der Waals surface area contributed by atoms with Gasteiger partial charge in [-0.1, -0.05) is 0 Å². The lowest BCUT2D eigenvalue weighted by molar-refractivity contribution is 0.172. The van der Waals surface area contributed by atoms with E-state index in [9.17, 15) is 13.2 Å². The lowest BCUT2D eigenvalue weighted by Crippen LogP contribution is -2.28. The molecule has 23 heavy (non-hydrogen) atoms. The van der Waals surface area contributed by atoms with E-state index in [0.29, 0.717) is 42.2 Å². The molecule has 0 spiro atoms. The Morgan fingerprint density at radius 2 is 1.87 bits per heavy atom. The van der Waals surface area contributed by atoms with Gasteiger partial charge in [0.05, 0.1) is 11.3 Å². The van der Waals surface area contributed by atoms with Crippen molar-refractivity contribution in [2.24, 2.45) is 0 Å². The zero-order valence-electron chi connectivity index (χ0n) is 12.7. The van der Waals surface area contributed by atoms with Crippen LogP contribution in [0.2, 0.25) is 0 Å². The zero-order valence-corrected chi connectivity index (χ0v) is 13.5. The summed E-state index contributed by atoms with van der Waals surface area (Å²) < 4.78 is 36.3. The second-order valence-corrected chi connectivity index (χ2v) is 7.35. The van der Waals surface area contributed by atoms with Crippen molar-refractivity contribution in [3.63, 3.8) is 0 Å². The summed E-state index contributed by atoms with van der Waals surface area (Å²) in [5, 5.41) is 0.821. The summed E-state index contributed by atoms with van der Waals surface area (Å²) in [6.45, 7) is 2.73. The van der Waals surface area contributed by atoms with E-state index in [-0.39, 0.29) is 17.9 Å². The number of aromatic nitrogens is 1. The molecular formula is C15H18N2O5S. The van der Waals surface area contributed by atoms with Crippen molar-refractivity contribution in [1.29, 1.82) is 0 Å². The van der Waals surface area contributed by atoms with Crippen LogP contribution in [0.15, 0.2) is 23.0 Å². The van der Waals surface area contributed by atoms with E-state index >= 15 is 0 Å². The summed E-state index contributed by atoms with van der Waals surface area (Å²) in [6.07, 6.45) is 0.318. The van der Waals surface area contributed by atoms with Crippen molar-refractivity contribution in [3.05, 3.63) is 34.1 Å². The van der Waals surface area contributed by atoms with Crippen LogP contribution >= 0.6 is 0 Å². The molecule has 0 saturated carbocycles. The number of ether oxygens (including phenoxy) is 2. The summed E-state index contributed by atoms with van der Waals surface area (Å²) in [4.78, 5) is 14.9. The van der Waals surface area contributed by atoms with E-state index in [1.807, 2.05) is 6.07 Å². The molecule has 1 aromatic carbocycles. The predicted octanol–water partition coefficient (Wildman–Crippen LogP) is 0.781. The fourth-order valence-electron chi connectivity index (χ4n) is 2.42. The van der Waals surface area contributed by atoms with Gasteiger partial charge >= 0.3 is 0 Å². The van der Waals surface area contributed by atoms with Crippen molar-refractivity contribution in [2.75, 3.05) is 25.5 Å². The van der Waals surface area contributed by atoms with Crippen molar-refractivity contribution in [3.8, 4) is 11.5 Å². The van der Waals surface area contributed by atoms with Gasteiger partial charge in [0, 0.05) is 23.6 Å². The molecule has 0 saturated heterocycles. The van der Waals surface area contributed by atoms with Crippen LogP contribution in [-0.4, -0.2) is 38.9 Å². The normalized spacial score (nSPS) is 14.1. The van der Waals surface area contributed by atoms with E-state index in [0.717, 1.165) is 5.39 Å². The number of pyridine rings is 1. The smallest absolute Gasteiger partial charge is 0.251 e. The molecule has 0 fully saturated rings. The van der Waals surface area contributed by atoms with Gasteiger partial charge in [0.15, 0.2) is 11.5 Å². The average Bonchev–Trinajstić information content (AvgIpc) is 2.53. The molecule has 0 radical (unpaired) electrons. The Balaban J connectivity index is 1.87. The molecule has 7 nitrogen and oxygen atoms in total. The highest BCUT2D eigenvalue weighted by Crippen LogP contribution is 2.33. The quantitative estimate of drug-likeness (QED) is 0.840. The van der Waals surface area contributed by atoms with Crippen LogP contribution in [0.3, 0.4) is 0 Å². The van der Waals surface area contributed by atoms with Crippen molar-refractivity contribution >= 4 is 20.9 Å². The molecule has 0 bridgehead atoms. The second kappa shape index (κ2) is 6.21. The maximum absolute atomic E-state index is 12.1. The van der Waals surface area contributed by atoms with Crippen LogP contribution in [0.1, 0.15) is 12.5 Å². The van der Waals surface area contributed by atoms with Crippen LogP contribution in [0.4, 0.5) is 0 Å². The molecule has 0 aliphatic carbocycles. The van der Waals surface area contributed by atoms with E-state index in [2.05, 4.69) is 9.71 Å². The summed E-state index contributed by atoms with van der Waals surface area (Å²) in [5.41, 5.74) is 0.954. The highest BCUT2D eigenvalue weighted by Gasteiger charge is 2.14. The molecule has 3 rings (SSSR count). The van der Waals surface area contributed by atoms with Crippen LogP contribution in [0.5, 0.6) is 11.5 Å². The largest absolute Gasteiger partial charge is 0.486 e. The molecule has 2 aromatic rings. The first-order valence-corrected chi connectivity index (χ1v) is 9.06. The summed E-state index contributed by atoms with van der Waals surface area (Å²) in [6, 6.07) is 5.32. The Labute approximate surface area is 133 Å². The number of hydrogen-bond donors (Lipinski definition) is 2. The minimum atomic E-state index is -3.26. The summed E-state index contributed by atoms with van der Waals surface area (Å²) >= 11 is 0. The number of nitrogens with one attached hydrogen (secondary N) is 2. The van der Waals surface area contributed by atoms with Crippen LogP contribution in [0, 0.1) is 0 Å². The van der Waals surface area contributed by atoms with E-state index < -0.39 is 10.0 Å². The Morgan fingerprint density at radius 3 is 2.57 bits per heavy atom. The third-order valence-corrected chi connectivity index (χ3v) is 5.08. The lowest BCUT2D eigenvalue weighted by Gasteiger charge is -2.18. The number of rotatable bonds is 5. The SMILES string of the molecule is CCS(=O)(=O)NCCc1cc2cc3c(cc2[nH]c1=O)OCCO3. The summed E-state index contributed by atoms with van der Waals surface area (Å²) in [7, 11) is -3.26. The maximum Gasteiger partial charge on any atom is 0.251 e. The third-order valence-electron chi connectivity index (χ3n) is 3.68. The van der Waals surface area contributed by atoms with E-state index in [4.69, 9.17) is 9.47 Å². The number of aromatic amines is 1. The van der Waals surface area contributed by atoms with Crippen LogP contribution in [-0.2, 0) is 16.4 Å². The predicted molar refractivity (Wildman–Crippen MR) is 86.7 cm³/mol. The Morgan fingerprint density at radius 1 is 1.17 bits per heavy atom. The van der Waals surface area contributed by atoms with Gasteiger partial charge in [-0.25, -0.2) is 13.1 Å². The van der Waals surface area contributed by atoms with E-state index in [1.54, 1.807) is 19.1 Å². The van der Waals surface area contributed by atoms with Gasteiger partial charge in [0.2, 0.25) is 10.0 Å². The highest BCUT2D eigenvalue weighted by molar-refractivity contribution is 7.89. The first-order chi connectivity index (χ1) is 11.0. The lowest BCUT2D eigenvalue weighted by atomic mass is 10.1. The standard InChI is InChI=1S/C15H18N2O5S/c1-2-23(19,20)16-4-3-10-7-11-8-13-14(22-6-5-21-13)9-12(11)17-15(10)18/h7-9,16H,2-6H2,1H3,(H,17,18). The molecule has 1 aliphatic rings. The highest BCUT2D eigenvalue weighted by atomic mass is 32.2. The van der Waals surface area contributed by atoms with Gasteiger partial charge in [-0.05, 0) is 25.5 Å². The third kappa shape index (κ3) is 3.48. The van der Waals surface area contributed by atoms with Crippen LogP contribution in [0.25, 0.3) is 10.9 Å². The van der Waals surface area contributed by atoms with Gasteiger partial charge in [-0.15, -0.1) is 0 Å². The monoisotopic (exact) mass is 338 g/mol. The number of sulfonamides is 1. The molecular weight excluding hydrogens is 320 g/mol.